The molecule has 0 bridgehead atoms. The number of nitrogens with one attached hydrogen (secondary N) is 2. The van der Waals surface area contributed by atoms with E-state index >= 15 is 0 Å². The molecule has 1 heterocycles. The second kappa shape index (κ2) is 6.36. The zero-order chi connectivity index (χ0) is 14.6. The van der Waals surface area contributed by atoms with Crippen molar-refractivity contribution in [2.45, 2.75) is 50.1 Å². The third-order valence-electron chi connectivity index (χ3n) is 3.30. The van der Waals surface area contributed by atoms with Crippen LogP contribution in [0.4, 0.5) is 0 Å². The Bertz CT molecular complexity index is 561. The summed E-state index contributed by atoms with van der Waals surface area (Å²) in [5.74, 6) is -0.690. The van der Waals surface area contributed by atoms with E-state index in [0.717, 1.165) is 32.1 Å². The molecule has 2 N–H and O–H groups in total. The van der Waals surface area contributed by atoms with Crippen LogP contribution in [-0.2, 0) is 14.8 Å². The van der Waals surface area contributed by atoms with E-state index in [9.17, 15) is 13.2 Å². The number of nitrogens with zero attached hydrogens (tertiary/aromatic N) is 1. The van der Waals surface area contributed by atoms with Crippen molar-refractivity contribution < 1.29 is 17.9 Å². The molecule has 8 heteroatoms. The van der Waals surface area contributed by atoms with Gasteiger partial charge in [0, 0.05) is 6.04 Å². The van der Waals surface area contributed by atoms with Crippen LogP contribution in [0.25, 0.3) is 0 Å². The Morgan fingerprint density at radius 1 is 1.45 bits per heavy atom. The van der Waals surface area contributed by atoms with Gasteiger partial charge in [-0.3, -0.25) is 5.10 Å². The van der Waals surface area contributed by atoms with E-state index in [4.69, 9.17) is 4.74 Å². The van der Waals surface area contributed by atoms with E-state index in [1.54, 1.807) is 6.92 Å². The van der Waals surface area contributed by atoms with Gasteiger partial charge in [0.05, 0.1) is 12.8 Å². The van der Waals surface area contributed by atoms with Gasteiger partial charge in [0.2, 0.25) is 0 Å². The molecule has 0 amide bonds. The lowest BCUT2D eigenvalue weighted by atomic mass is 9.96. The molecule has 0 atom stereocenters. The summed E-state index contributed by atoms with van der Waals surface area (Å²) < 4.78 is 32.1. The number of hydrogen-bond acceptors (Lipinski definition) is 5. The van der Waals surface area contributed by atoms with Crippen molar-refractivity contribution in [3.63, 3.8) is 0 Å². The van der Waals surface area contributed by atoms with Crippen molar-refractivity contribution in [3.05, 3.63) is 11.8 Å². The molecule has 2 rings (SSSR count). The van der Waals surface area contributed by atoms with E-state index in [1.807, 2.05) is 0 Å². The van der Waals surface area contributed by atoms with Crippen LogP contribution in [0.1, 0.15) is 49.4 Å². The number of sulfonamides is 1. The lowest BCUT2D eigenvalue weighted by Crippen LogP contribution is -2.37. The van der Waals surface area contributed by atoms with Gasteiger partial charge in [-0.05, 0) is 19.8 Å². The Morgan fingerprint density at radius 3 is 2.80 bits per heavy atom. The summed E-state index contributed by atoms with van der Waals surface area (Å²) >= 11 is 0. The van der Waals surface area contributed by atoms with Gasteiger partial charge >= 0.3 is 5.97 Å². The van der Waals surface area contributed by atoms with Gasteiger partial charge in [-0.15, -0.1) is 0 Å². The van der Waals surface area contributed by atoms with Crippen LogP contribution in [-0.4, -0.2) is 37.2 Å². The minimum absolute atomic E-state index is 0.0600. The Labute approximate surface area is 118 Å². The van der Waals surface area contributed by atoms with Crippen LogP contribution in [0.3, 0.4) is 0 Å². The van der Waals surface area contributed by atoms with E-state index in [-0.39, 0.29) is 23.2 Å². The maximum Gasteiger partial charge on any atom is 0.342 e. The van der Waals surface area contributed by atoms with Crippen molar-refractivity contribution in [1.82, 2.24) is 14.9 Å². The minimum Gasteiger partial charge on any atom is -0.462 e. The lowest BCUT2D eigenvalue weighted by Gasteiger charge is -2.22. The summed E-state index contributed by atoms with van der Waals surface area (Å²) in [5.41, 5.74) is -0.0600. The first-order chi connectivity index (χ1) is 9.54. The molecule has 0 spiro atoms. The quantitative estimate of drug-likeness (QED) is 0.796. The maximum atomic E-state index is 12.3. The highest BCUT2D eigenvalue weighted by Gasteiger charge is 2.28. The number of aromatic nitrogens is 2. The zero-order valence-corrected chi connectivity index (χ0v) is 12.2. The minimum atomic E-state index is -3.78. The topological polar surface area (TPSA) is 101 Å². The van der Waals surface area contributed by atoms with Gasteiger partial charge in [0.25, 0.3) is 10.0 Å². The maximum absolute atomic E-state index is 12.3. The van der Waals surface area contributed by atoms with Crippen molar-refractivity contribution in [3.8, 4) is 0 Å². The normalized spacial score (nSPS) is 17.1. The smallest absolute Gasteiger partial charge is 0.342 e. The highest BCUT2D eigenvalue weighted by atomic mass is 32.2. The molecule has 0 aromatic carbocycles. The third kappa shape index (κ3) is 3.37. The van der Waals surface area contributed by atoms with Crippen molar-refractivity contribution >= 4 is 16.0 Å². The molecule has 112 valence electrons. The first kappa shape index (κ1) is 15.0. The van der Waals surface area contributed by atoms with Gasteiger partial charge in [-0.25, -0.2) is 17.9 Å². The number of hydrogen-bond donors (Lipinski definition) is 2. The first-order valence-electron chi connectivity index (χ1n) is 6.77. The van der Waals surface area contributed by atoms with Crippen molar-refractivity contribution in [2.75, 3.05) is 6.61 Å². The first-order valence-corrected chi connectivity index (χ1v) is 8.25. The Hall–Kier alpha value is -1.41. The van der Waals surface area contributed by atoms with Crippen LogP contribution in [0, 0.1) is 0 Å². The third-order valence-corrected chi connectivity index (χ3v) is 4.79. The molecule has 0 unspecified atom stereocenters. The SMILES string of the molecule is CCOC(=O)c1cn[nH]c1S(=O)(=O)NC1CCCCC1. The van der Waals surface area contributed by atoms with E-state index in [2.05, 4.69) is 14.9 Å². The summed E-state index contributed by atoms with van der Waals surface area (Å²) in [6, 6.07) is -0.0768. The lowest BCUT2D eigenvalue weighted by molar-refractivity contribution is 0.0522. The summed E-state index contributed by atoms with van der Waals surface area (Å²) in [6.45, 7) is 1.84. The van der Waals surface area contributed by atoms with Crippen LogP contribution in [0.15, 0.2) is 11.2 Å². The highest BCUT2D eigenvalue weighted by Crippen LogP contribution is 2.20. The van der Waals surface area contributed by atoms with Crippen LogP contribution >= 0.6 is 0 Å². The number of aromatic amines is 1. The summed E-state index contributed by atoms with van der Waals surface area (Å²) in [7, 11) is -3.78. The molecule has 0 radical (unpaired) electrons. The molecule has 1 fully saturated rings. The number of carbonyl (C=O) groups is 1. The predicted octanol–water partition coefficient (Wildman–Crippen LogP) is 1.20. The zero-order valence-electron chi connectivity index (χ0n) is 11.4. The average Bonchev–Trinajstić information content (AvgIpc) is 2.90. The monoisotopic (exact) mass is 301 g/mol. The Morgan fingerprint density at radius 2 is 2.15 bits per heavy atom. The molecule has 1 aliphatic carbocycles. The van der Waals surface area contributed by atoms with Crippen molar-refractivity contribution in [2.24, 2.45) is 0 Å². The molecule has 7 nitrogen and oxygen atoms in total. The molecular weight excluding hydrogens is 282 g/mol. The Balaban J connectivity index is 2.17. The van der Waals surface area contributed by atoms with Crippen LogP contribution < -0.4 is 4.72 Å². The molecule has 0 saturated heterocycles. The number of H-pyrrole nitrogens is 1. The van der Waals surface area contributed by atoms with E-state index in [1.165, 1.54) is 6.20 Å². The number of esters is 1. The van der Waals surface area contributed by atoms with Gasteiger partial charge < -0.3 is 4.74 Å². The van der Waals surface area contributed by atoms with Gasteiger partial charge in [0.1, 0.15) is 5.56 Å². The summed E-state index contributed by atoms with van der Waals surface area (Å²) in [5, 5.41) is 5.79. The van der Waals surface area contributed by atoms with E-state index in [0.29, 0.717) is 0 Å². The number of rotatable bonds is 5. The second-order valence-electron chi connectivity index (χ2n) is 4.79. The van der Waals surface area contributed by atoms with Gasteiger partial charge in [-0.1, -0.05) is 19.3 Å². The number of carbonyl (C=O) groups excluding carboxylic acids is 1. The fourth-order valence-electron chi connectivity index (χ4n) is 2.33. The summed E-state index contributed by atoms with van der Waals surface area (Å²) in [6.07, 6.45) is 5.98. The molecule has 1 aromatic rings. The molecule has 1 aliphatic rings. The average molecular weight is 301 g/mol. The molecule has 20 heavy (non-hydrogen) atoms. The fourth-order valence-corrected chi connectivity index (χ4v) is 3.72. The van der Waals surface area contributed by atoms with E-state index < -0.39 is 16.0 Å². The molecule has 1 saturated carbocycles. The predicted molar refractivity (Wildman–Crippen MR) is 71.7 cm³/mol. The Kier molecular flexibility index (Phi) is 4.77. The number of ether oxygens (including phenoxy) is 1. The van der Waals surface area contributed by atoms with Crippen LogP contribution in [0.5, 0.6) is 0 Å². The van der Waals surface area contributed by atoms with Crippen LogP contribution in [0.2, 0.25) is 0 Å². The molecule has 1 aromatic heterocycles. The van der Waals surface area contributed by atoms with Gasteiger partial charge in [-0.2, -0.15) is 5.10 Å². The standard InChI is InChI=1S/C12H19N3O4S/c1-2-19-12(16)10-8-13-14-11(10)20(17,18)15-9-6-4-3-5-7-9/h8-9,15H,2-7H2,1H3,(H,13,14). The highest BCUT2D eigenvalue weighted by molar-refractivity contribution is 7.89. The molecule has 0 aliphatic heterocycles. The van der Waals surface area contributed by atoms with Gasteiger partial charge in [0.15, 0.2) is 5.03 Å². The fraction of sp³-hybridized carbons (Fsp3) is 0.667. The summed E-state index contributed by atoms with van der Waals surface area (Å²) in [4.78, 5) is 11.7. The second-order valence-corrected chi connectivity index (χ2v) is 6.44. The molecular formula is C12H19N3O4S. The van der Waals surface area contributed by atoms with Crippen molar-refractivity contribution in [1.29, 1.82) is 0 Å². The largest absolute Gasteiger partial charge is 0.462 e.